The summed E-state index contributed by atoms with van der Waals surface area (Å²) >= 11 is 0. The molecule has 1 unspecified atom stereocenters. The first kappa shape index (κ1) is 17.3. The average Bonchev–Trinajstić information content (AvgIpc) is 3.24. The maximum Gasteiger partial charge on any atom is 0.296 e. The summed E-state index contributed by atoms with van der Waals surface area (Å²) in [5, 5.41) is 3.87. The van der Waals surface area contributed by atoms with Crippen molar-refractivity contribution < 1.29 is 22.5 Å². The summed E-state index contributed by atoms with van der Waals surface area (Å²) in [6, 6.07) is 9.55. The Kier molecular flexibility index (Phi) is 3.64. The minimum Gasteiger partial charge on any atom is -0.450 e. The van der Waals surface area contributed by atoms with Gasteiger partial charge in [0.05, 0.1) is 17.0 Å². The van der Waals surface area contributed by atoms with E-state index in [4.69, 9.17) is 8.94 Å². The molecule has 5 rings (SSSR count). The summed E-state index contributed by atoms with van der Waals surface area (Å²) < 4.78 is 38.4. The monoisotopic (exact) mass is 394 g/mol. The van der Waals surface area contributed by atoms with Gasteiger partial charge in [0.15, 0.2) is 11.2 Å². The second-order valence-corrected chi connectivity index (χ2v) is 6.74. The van der Waals surface area contributed by atoms with E-state index in [0.29, 0.717) is 11.3 Å². The highest BCUT2D eigenvalue weighted by molar-refractivity contribution is 6.10. The van der Waals surface area contributed by atoms with Gasteiger partial charge in [0.25, 0.3) is 5.91 Å². The molecule has 0 radical (unpaired) electrons. The topological polar surface area (TPSA) is 76.6 Å². The van der Waals surface area contributed by atoms with Gasteiger partial charge in [-0.3, -0.25) is 14.5 Å². The molecule has 29 heavy (non-hydrogen) atoms. The Morgan fingerprint density at radius 1 is 1.03 bits per heavy atom. The predicted molar refractivity (Wildman–Crippen MR) is 98.7 cm³/mol. The fourth-order valence-corrected chi connectivity index (χ4v) is 3.64. The molecule has 0 aliphatic carbocycles. The summed E-state index contributed by atoms with van der Waals surface area (Å²) in [7, 11) is 0. The number of anilines is 1. The number of benzene rings is 2. The molecule has 8 heteroatoms. The molecule has 1 amide bonds. The van der Waals surface area contributed by atoms with E-state index < -0.39 is 29.0 Å². The van der Waals surface area contributed by atoms with Crippen LogP contribution in [0.5, 0.6) is 0 Å². The normalized spacial score (nSPS) is 15.9. The average molecular weight is 394 g/mol. The van der Waals surface area contributed by atoms with Crippen LogP contribution in [0, 0.1) is 18.6 Å². The molecule has 4 aromatic rings. The Morgan fingerprint density at radius 2 is 1.83 bits per heavy atom. The third-order valence-electron chi connectivity index (χ3n) is 4.86. The van der Waals surface area contributed by atoms with Crippen molar-refractivity contribution in [3.63, 3.8) is 0 Å². The van der Waals surface area contributed by atoms with Gasteiger partial charge < -0.3 is 8.94 Å². The molecule has 0 bridgehead atoms. The summed E-state index contributed by atoms with van der Waals surface area (Å²) in [5.74, 6) is -1.35. The van der Waals surface area contributed by atoms with Gasteiger partial charge in [0.1, 0.15) is 23.0 Å². The largest absolute Gasteiger partial charge is 0.450 e. The molecule has 1 atom stereocenters. The Hall–Kier alpha value is -3.81. The van der Waals surface area contributed by atoms with Gasteiger partial charge in [-0.05, 0) is 42.8 Å². The highest BCUT2D eigenvalue weighted by Gasteiger charge is 2.45. The van der Waals surface area contributed by atoms with E-state index in [9.17, 15) is 18.4 Å². The Morgan fingerprint density at radius 3 is 2.55 bits per heavy atom. The molecular formula is C21H12F2N2O4. The van der Waals surface area contributed by atoms with Gasteiger partial charge in [0.2, 0.25) is 5.76 Å². The number of hydrogen-bond donors (Lipinski definition) is 0. The molecule has 0 saturated carbocycles. The number of rotatable bonds is 2. The predicted octanol–water partition coefficient (Wildman–Crippen LogP) is 4.12. The summed E-state index contributed by atoms with van der Waals surface area (Å²) in [6.45, 7) is 1.65. The number of aryl methyl sites for hydroxylation is 1. The fraction of sp³-hybridized carbons (Fsp3) is 0.0952. The second-order valence-electron chi connectivity index (χ2n) is 6.74. The molecule has 2 aromatic heterocycles. The van der Waals surface area contributed by atoms with Crippen molar-refractivity contribution in [2.45, 2.75) is 13.0 Å². The maximum atomic E-state index is 13.9. The lowest BCUT2D eigenvalue weighted by Crippen LogP contribution is -2.29. The minimum absolute atomic E-state index is 0.000599. The van der Waals surface area contributed by atoms with Crippen molar-refractivity contribution in [1.29, 1.82) is 0 Å². The number of amides is 1. The number of halogens is 2. The first-order valence-electron chi connectivity index (χ1n) is 8.72. The molecule has 6 nitrogen and oxygen atoms in total. The molecule has 0 spiro atoms. The zero-order valence-corrected chi connectivity index (χ0v) is 15.0. The number of carbonyl (C=O) groups is 1. The molecular weight excluding hydrogens is 382 g/mol. The second kappa shape index (κ2) is 6.10. The standard InChI is InChI=1S/C21H12F2N2O4/c1-10-7-16(24-29-10)25-18(11-3-2-4-12(22)8-11)17-19(26)14-9-13(23)5-6-15(14)28-20(17)21(25)27/h2-9,18H,1H3. The van der Waals surface area contributed by atoms with E-state index >= 15 is 0 Å². The van der Waals surface area contributed by atoms with E-state index in [0.717, 1.165) is 12.1 Å². The smallest absolute Gasteiger partial charge is 0.296 e. The zero-order chi connectivity index (χ0) is 20.3. The lowest BCUT2D eigenvalue weighted by Gasteiger charge is -2.22. The highest BCUT2D eigenvalue weighted by atomic mass is 19.1. The quantitative estimate of drug-likeness (QED) is 0.511. The van der Waals surface area contributed by atoms with Crippen LogP contribution < -0.4 is 10.3 Å². The van der Waals surface area contributed by atoms with E-state index in [-0.39, 0.29) is 28.1 Å². The molecule has 0 fully saturated rings. The van der Waals surface area contributed by atoms with E-state index in [2.05, 4.69) is 5.16 Å². The Balaban J connectivity index is 1.84. The molecule has 0 saturated heterocycles. The number of carbonyl (C=O) groups excluding carboxylic acids is 1. The first-order chi connectivity index (χ1) is 13.9. The Bertz CT molecular complexity index is 1360. The van der Waals surface area contributed by atoms with Crippen LogP contribution in [0.15, 0.2) is 62.3 Å². The summed E-state index contributed by atoms with van der Waals surface area (Å²) in [6.07, 6.45) is 0. The van der Waals surface area contributed by atoms with Crippen molar-refractivity contribution in [2.24, 2.45) is 0 Å². The van der Waals surface area contributed by atoms with Crippen molar-refractivity contribution >= 4 is 22.7 Å². The van der Waals surface area contributed by atoms with Crippen LogP contribution in [0.25, 0.3) is 11.0 Å². The van der Waals surface area contributed by atoms with Gasteiger partial charge in [-0.2, -0.15) is 0 Å². The number of aromatic nitrogens is 1. The molecule has 3 heterocycles. The van der Waals surface area contributed by atoms with Crippen molar-refractivity contribution in [1.82, 2.24) is 5.16 Å². The first-order valence-corrected chi connectivity index (χ1v) is 8.72. The number of fused-ring (bicyclic) bond motifs is 2. The molecule has 144 valence electrons. The van der Waals surface area contributed by atoms with Gasteiger partial charge >= 0.3 is 0 Å². The van der Waals surface area contributed by atoms with Crippen LogP contribution >= 0.6 is 0 Å². The van der Waals surface area contributed by atoms with Crippen molar-refractivity contribution in [3.05, 3.63) is 93.0 Å². The third-order valence-corrected chi connectivity index (χ3v) is 4.86. The Labute approximate surface area is 162 Å². The van der Waals surface area contributed by atoms with Crippen molar-refractivity contribution in [3.8, 4) is 0 Å². The summed E-state index contributed by atoms with van der Waals surface area (Å²) in [4.78, 5) is 27.6. The van der Waals surface area contributed by atoms with Crippen LogP contribution in [-0.4, -0.2) is 11.1 Å². The lowest BCUT2D eigenvalue weighted by atomic mass is 9.98. The molecule has 2 aromatic carbocycles. The minimum atomic E-state index is -0.999. The highest BCUT2D eigenvalue weighted by Crippen LogP contribution is 2.41. The van der Waals surface area contributed by atoms with Crippen molar-refractivity contribution in [2.75, 3.05) is 4.90 Å². The maximum absolute atomic E-state index is 13.9. The number of hydrogen-bond acceptors (Lipinski definition) is 5. The molecule has 1 aliphatic rings. The number of nitrogens with zero attached hydrogens (tertiary/aromatic N) is 2. The van der Waals surface area contributed by atoms with E-state index in [1.54, 1.807) is 13.0 Å². The molecule has 0 N–H and O–H groups in total. The van der Waals surface area contributed by atoms with E-state index in [1.165, 1.54) is 35.2 Å². The molecule has 1 aliphatic heterocycles. The van der Waals surface area contributed by atoms with Gasteiger partial charge in [0, 0.05) is 6.07 Å². The fourth-order valence-electron chi connectivity index (χ4n) is 3.64. The summed E-state index contributed by atoms with van der Waals surface area (Å²) in [5.41, 5.74) is -0.133. The van der Waals surface area contributed by atoms with Crippen LogP contribution in [-0.2, 0) is 0 Å². The van der Waals surface area contributed by atoms with Gasteiger partial charge in [-0.1, -0.05) is 17.3 Å². The van der Waals surface area contributed by atoms with Gasteiger partial charge in [-0.15, -0.1) is 0 Å². The van der Waals surface area contributed by atoms with Crippen LogP contribution in [0.4, 0.5) is 14.6 Å². The van der Waals surface area contributed by atoms with Crippen LogP contribution in [0.2, 0.25) is 0 Å². The van der Waals surface area contributed by atoms with E-state index in [1.807, 2.05) is 0 Å². The lowest BCUT2D eigenvalue weighted by molar-refractivity contribution is 0.0969. The third kappa shape index (κ3) is 2.56. The van der Waals surface area contributed by atoms with Crippen LogP contribution in [0.1, 0.15) is 33.5 Å². The zero-order valence-electron chi connectivity index (χ0n) is 15.0. The van der Waals surface area contributed by atoms with Crippen LogP contribution in [0.3, 0.4) is 0 Å². The van der Waals surface area contributed by atoms with Gasteiger partial charge in [-0.25, -0.2) is 8.78 Å². The SMILES string of the molecule is Cc1cc(N2C(=O)c3oc4ccc(F)cc4c(=O)c3C2c2cccc(F)c2)no1.